The van der Waals surface area contributed by atoms with Crippen LogP contribution in [0.2, 0.25) is 5.02 Å². The average Bonchev–Trinajstić information content (AvgIpc) is 3.12. The van der Waals surface area contributed by atoms with Crippen LogP contribution in [0.3, 0.4) is 0 Å². The molecular formula is C20H14ClF3N4O2. The van der Waals surface area contributed by atoms with E-state index in [9.17, 15) is 23.1 Å². The first-order chi connectivity index (χ1) is 14.3. The minimum absolute atomic E-state index is 0.0200. The number of hydrogen-bond acceptors (Lipinski definition) is 4. The quantitative estimate of drug-likeness (QED) is 0.631. The van der Waals surface area contributed by atoms with Crippen molar-refractivity contribution in [3.63, 3.8) is 0 Å². The number of aromatic hydroxyl groups is 1. The topological polar surface area (TPSA) is 71.2 Å². The maximum atomic E-state index is 14.9. The Morgan fingerprint density at radius 1 is 1.13 bits per heavy atom. The third-order valence-electron chi connectivity index (χ3n) is 4.81. The van der Waals surface area contributed by atoms with Gasteiger partial charge in [0.05, 0.1) is 17.1 Å². The van der Waals surface area contributed by atoms with Crippen LogP contribution >= 0.6 is 11.6 Å². The van der Waals surface area contributed by atoms with Gasteiger partial charge in [-0.2, -0.15) is 0 Å². The molecular weight excluding hydrogens is 421 g/mol. The summed E-state index contributed by atoms with van der Waals surface area (Å²) in [6.07, 6.45) is 0. The lowest BCUT2D eigenvalue weighted by Crippen LogP contribution is -2.38. The molecule has 1 aliphatic heterocycles. The number of benzene rings is 2. The largest absolute Gasteiger partial charge is 0.507 e. The van der Waals surface area contributed by atoms with Crippen molar-refractivity contribution in [1.29, 1.82) is 0 Å². The van der Waals surface area contributed by atoms with Gasteiger partial charge in [-0.15, -0.1) is 10.2 Å². The van der Waals surface area contributed by atoms with Crippen molar-refractivity contribution < 1.29 is 23.1 Å². The highest BCUT2D eigenvalue weighted by Crippen LogP contribution is 2.40. The Kier molecular flexibility index (Phi) is 4.98. The van der Waals surface area contributed by atoms with E-state index in [1.807, 2.05) is 0 Å². The monoisotopic (exact) mass is 434 g/mol. The van der Waals surface area contributed by atoms with Crippen LogP contribution in [0.15, 0.2) is 42.7 Å². The third kappa shape index (κ3) is 3.30. The van der Waals surface area contributed by atoms with Crippen LogP contribution in [-0.4, -0.2) is 37.2 Å². The molecule has 4 rings (SSSR count). The molecule has 0 saturated carbocycles. The zero-order valence-corrected chi connectivity index (χ0v) is 16.1. The van der Waals surface area contributed by atoms with E-state index < -0.39 is 29.1 Å². The molecule has 0 saturated heterocycles. The van der Waals surface area contributed by atoms with E-state index >= 15 is 0 Å². The molecule has 1 aliphatic rings. The molecule has 2 heterocycles. The lowest BCUT2D eigenvalue weighted by atomic mass is 10.0. The number of nitrogens with zero attached hydrogens (tertiary/aromatic N) is 4. The molecule has 3 aromatic rings. The molecule has 30 heavy (non-hydrogen) atoms. The molecule has 6 nitrogen and oxygen atoms in total. The summed E-state index contributed by atoms with van der Waals surface area (Å²) in [6.45, 7) is 3.47. The van der Waals surface area contributed by atoms with Crippen molar-refractivity contribution >= 4 is 17.5 Å². The number of phenols is 1. The van der Waals surface area contributed by atoms with E-state index in [2.05, 4.69) is 16.8 Å². The van der Waals surface area contributed by atoms with Crippen LogP contribution in [0.25, 0.3) is 22.5 Å². The molecule has 154 valence electrons. The molecule has 0 radical (unpaired) electrons. The molecule has 0 fully saturated rings. The minimum Gasteiger partial charge on any atom is -0.507 e. The zero-order chi connectivity index (χ0) is 21.6. The average molecular weight is 435 g/mol. The van der Waals surface area contributed by atoms with Crippen LogP contribution < -0.4 is 0 Å². The number of rotatable bonds is 3. The van der Waals surface area contributed by atoms with Crippen molar-refractivity contribution in [3.8, 4) is 28.3 Å². The zero-order valence-electron chi connectivity index (χ0n) is 15.4. The van der Waals surface area contributed by atoms with Gasteiger partial charge in [0, 0.05) is 24.2 Å². The van der Waals surface area contributed by atoms with Gasteiger partial charge in [0.25, 0.3) is 5.91 Å². The second kappa shape index (κ2) is 7.49. The van der Waals surface area contributed by atoms with Crippen LogP contribution in [0.1, 0.15) is 5.82 Å². The normalized spacial score (nSPS) is 13.3. The highest BCUT2D eigenvalue weighted by molar-refractivity contribution is 6.33. The molecule has 0 aliphatic carbocycles. The molecule has 2 aromatic carbocycles. The summed E-state index contributed by atoms with van der Waals surface area (Å²) >= 11 is 6.23. The number of fused-ring (bicyclic) bond motifs is 1. The van der Waals surface area contributed by atoms with E-state index in [1.54, 1.807) is 4.57 Å². The molecule has 10 heteroatoms. The van der Waals surface area contributed by atoms with Crippen molar-refractivity contribution in [2.75, 3.05) is 6.54 Å². The van der Waals surface area contributed by atoms with Gasteiger partial charge < -0.3 is 14.6 Å². The van der Waals surface area contributed by atoms with Crippen molar-refractivity contribution in [1.82, 2.24) is 19.7 Å². The van der Waals surface area contributed by atoms with Crippen molar-refractivity contribution in [3.05, 3.63) is 65.2 Å². The number of hydrogen-bond donors (Lipinski definition) is 1. The highest BCUT2D eigenvalue weighted by atomic mass is 35.5. The van der Waals surface area contributed by atoms with Gasteiger partial charge in [0.2, 0.25) is 0 Å². The molecule has 0 unspecified atom stereocenters. The van der Waals surface area contributed by atoms with Gasteiger partial charge >= 0.3 is 0 Å². The molecule has 1 N–H and O–H groups in total. The van der Waals surface area contributed by atoms with Gasteiger partial charge in [-0.3, -0.25) is 4.79 Å². The number of aromatic nitrogens is 3. The summed E-state index contributed by atoms with van der Waals surface area (Å²) in [5.74, 6) is -3.32. The number of phenolic OH excluding ortho intramolecular Hbond substituents is 1. The molecule has 0 spiro atoms. The number of halogens is 4. The number of carbonyl (C=O) groups is 1. The molecule has 1 amide bonds. The lowest BCUT2D eigenvalue weighted by molar-refractivity contribution is -0.130. The fourth-order valence-electron chi connectivity index (χ4n) is 3.42. The molecule has 0 bridgehead atoms. The van der Waals surface area contributed by atoms with E-state index in [-0.39, 0.29) is 41.3 Å². The summed E-state index contributed by atoms with van der Waals surface area (Å²) in [5, 5.41) is 17.9. The molecule has 1 aromatic heterocycles. The first-order valence-electron chi connectivity index (χ1n) is 8.81. The second-order valence-corrected chi connectivity index (χ2v) is 7.08. The Hall–Kier alpha value is -3.33. The summed E-state index contributed by atoms with van der Waals surface area (Å²) < 4.78 is 43.9. The van der Waals surface area contributed by atoms with Crippen LogP contribution in [-0.2, 0) is 17.9 Å². The fourth-order valence-corrected chi connectivity index (χ4v) is 3.72. The number of amides is 1. The second-order valence-electron chi connectivity index (χ2n) is 6.67. The summed E-state index contributed by atoms with van der Waals surface area (Å²) in [7, 11) is 0. The van der Waals surface area contributed by atoms with Crippen LogP contribution in [0.4, 0.5) is 13.2 Å². The van der Waals surface area contributed by atoms with Gasteiger partial charge in [0.15, 0.2) is 17.5 Å². The molecule has 0 atom stereocenters. The van der Waals surface area contributed by atoms with E-state index in [1.165, 1.54) is 23.1 Å². The third-order valence-corrected chi connectivity index (χ3v) is 5.11. The predicted octanol–water partition coefficient (Wildman–Crippen LogP) is 4.07. The minimum atomic E-state index is -1.07. The van der Waals surface area contributed by atoms with Gasteiger partial charge in [-0.25, -0.2) is 13.2 Å². The van der Waals surface area contributed by atoms with Gasteiger partial charge in [0.1, 0.15) is 17.4 Å². The lowest BCUT2D eigenvalue weighted by Gasteiger charge is -2.27. The van der Waals surface area contributed by atoms with Crippen LogP contribution in [0, 0.1) is 11.6 Å². The smallest absolute Gasteiger partial charge is 0.282 e. The maximum Gasteiger partial charge on any atom is 0.282 e. The Morgan fingerprint density at radius 2 is 1.90 bits per heavy atom. The Bertz CT molecular complexity index is 1150. The fraction of sp³-hybridized carbons (Fsp3) is 0.150. The Labute approximate surface area is 173 Å². The van der Waals surface area contributed by atoms with Gasteiger partial charge in [-0.05, 0) is 24.3 Å². The standard InChI is InChI=1S/C20H14ClF3N4O2/c1-10(22)20(30)27-5-6-28-16(9-27)25-26-19(28)11-7-12(21)17(14(24)8-11)18-13(23)3-2-4-15(18)29/h2-4,7-8,29H,1,5-6,9H2. The predicted molar refractivity (Wildman–Crippen MR) is 103 cm³/mol. The van der Waals surface area contributed by atoms with E-state index in [0.717, 1.165) is 12.1 Å². The summed E-state index contributed by atoms with van der Waals surface area (Å²) in [6, 6.07) is 6.13. The summed E-state index contributed by atoms with van der Waals surface area (Å²) in [4.78, 5) is 13.0. The highest BCUT2D eigenvalue weighted by Gasteiger charge is 2.27. The first kappa shape index (κ1) is 20.0. The summed E-state index contributed by atoms with van der Waals surface area (Å²) in [5.41, 5.74) is -0.325. The maximum absolute atomic E-state index is 14.9. The Morgan fingerprint density at radius 3 is 2.57 bits per heavy atom. The first-order valence-corrected chi connectivity index (χ1v) is 9.18. The van der Waals surface area contributed by atoms with Crippen molar-refractivity contribution in [2.45, 2.75) is 13.1 Å². The van der Waals surface area contributed by atoms with E-state index in [0.29, 0.717) is 11.6 Å². The number of carbonyl (C=O) groups excluding carboxylic acids is 1. The van der Waals surface area contributed by atoms with E-state index in [4.69, 9.17) is 11.6 Å². The SMILES string of the molecule is C=C(F)C(=O)N1CCn2c(nnc2-c2cc(F)c(-c3c(O)cccc3F)c(Cl)c2)C1. The van der Waals surface area contributed by atoms with Gasteiger partial charge in [-0.1, -0.05) is 24.2 Å². The van der Waals surface area contributed by atoms with Crippen molar-refractivity contribution in [2.24, 2.45) is 0 Å². The Balaban J connectivity index is 1.73. The van der Waals surface area contributed by atoms with Crippen LogP contribution in [0.5, 0.6) is 5.75 Å².